The molecule has 134 valence electrons. The third-order valence-corrected chi connectivity index (χ3v) is 4.70. The molecule has 25 heavy (non-hydrogen) atoms. The highest BCUT2D eigenvalue weighted by Gasteiger charge is 2.17. The summed E-state index contributed by atoms with van der Waals surface area (Å²) in [4.78, 5) is 13.6. The second kappa shape index (κ2) is 8.28. The molecule has 2 heterocycles. The quantitative estimate of drug-likeness (QED) is 0.764. The molecule has 5 heteroatoms. The number of methoxy groups -OCH3 is 1. The van der Waals surface area contributed by atoms with Gasteiger partial charge in [0.05, 0.1) is 13.7 Å². The van der Waals surface area contributed by atoms with Crippen LogP contribution in [0.15, 0.2) is 18.3 Å². The molecule has 1 saturated carbocycles. The lowest BCUT2D eigenvalue weighted by Crippen LogP contribution is -2.10. The van der Waals surface area contributed by atoms with Crippen LogP contribution in [0.25, 0.3) is 0 Å². The van der Waals surface area contributed by atoms with E-state index in [1.807, 2.05) is 25.3 Å². The van der Waals surface area contributed by atoms with Gasteiger partial charge in [0.2, 0.25) is 0 Å². The number of nitrogens with zero attached hydrogens (tertiary/aromatic N) is 3. The summed E-state index contributed by atoms with van der Waals surface area (Å²) >= 11 is 0. The Kier molecular flexibility index (Phi) is 5.84. The van der Waals surface area contributed by atoms with Gasteiger partial charge in [-0.25, -0.2) is 15.0 Å². The highest BCUT2D eigenvalue weighted by Crippen LogP contribution is 2.29. The van der Waals surface area contributed by atoms with Crippen LogP contribution < -0.4 is 9.47 Å². The molecule has 0 amide bonds. The summed E-state index contributed by atoms with van der Waals surface area (Å²) in [7, 11) is 1.63. The predicted octanol–water partition coefficient (Wildman–Crippen LogP) is 3.91. The van der Waals surface area contributed by atoms with Crippen LogP contribution >= 0.6 is 0 Å². The fraction of sp³-hybridized carbons (Fsp3) is 0.550. The van der Waals surface area contributed by atoms with E-state index in [1.165, 1.54) is 25.7 Å². The van der Waals surface area contributed by atoms with Gasteiger partial charge in [-0.3, -0.25) is 0 Å². The van der Waals surface area contributed by atoms with Gasteiger partial charge in [-0.05, 0) is 49.8 Å². The van der Waals surface area contributed by atoms with Gasteiger partial charge in [0, 0.05) is 24.0 Å². The highest BCUT2D eigenvalue weighted by molar-refractivity contribution is 5.37. The highest BCUT2D eigenvalue weighted by atomic mass is 16.5. The topological polar surface area (TPSA) is 57.1 Å². The minimum absolute atomic E-state index is 0.543. The van der Waals surface area contributed by atoms with Gasteiger partial charge in [0.1, 0.15) is 5.82 Å². The van der Waals surface area contributed by atoms with E-state index in [0.29, 0.717) is 18.2 Å². The van der Waals surface area contributed by atoms with Crippen LogP contribution in [0.2, 0.25) is 0 Å². The van der Waals surface area contributed by atoms with Crippen molar-refractivity contribution in [3.05, 3.63) is 41.1 Å². The summed E-state index contributed by atoms with van der Waals surface area (Å²) in [5.41, 5.74) is 3.11. The zero-order valence-electron chi connectivity index (χ0n) is 15.4. The fourth-order valence-electron chi connectivity index (χ4n) is 3.35. The molecule has 5 nitrogen and oxygen atoms in total. The van der Waals surface area contributed by atoms with E-state index in [9.17, 15) is 0 Å². The molecule has 0 spiro atoms. The molecule has 2 aromatic heterocycles. The molecule has 0 saturated heterocycles. The van der Waals surface area contributed by atoms with Gasteiger partial charge in [-0.2, -0.15) is 0 Å². The smallest absolute Gasteiger partial charge is 0.256 e. The zero-order chi connectivity index (χ0) is 17.6. The molecule has 0 N–H and O–H groups in total. The van der Waals surface area contributed by atoms with E-state index in [0.717, 1.165) is 41.6 Å². The molecule has 0 unspecified atom stereocenters. The van der Waals surface area contributed by atoms with Crippen LogP contribution in [0.5, 0.6) is 11.6 Å². The molecule has 0 bridgehead atoms. The number of rotatable bonds is 7. The molecule has 0 atom stereocenters. The molecular weight excluding hydrogens is 314 g/mol. The molecule has 0 aromatic carbocycles. The van der Waals surface area contributed by atoms with Crippen LogP contribution in [0.1, 0.15) is 55.4 Å². The number of pyridine rings is 1. The predicted molar refractivity (Wildman–Crippen MR) is 97.2 cm³/mol. The molecule has 0 aliphatic heterocycles. The summed E-state index contributed by atoms with van der Waals surface area (Å²) in [6.45, 7) is 4.85. The normalized spacial score (nSPS) is 14.7. The van der Waals surface area contributed by atoms with E-state index < -0.39 is 0 Å². The van der Waals surface area contributed by atoms with Crippen molar-refractivity contribution in [3.63, 3.8) is 0 Å². The van der Waals surface area contributed by atoms with Gasteiger partial charge in [0.15, 0.2) is 5.75 Å². The Morgan fingerprint density at radius 1 is 1.16 bits per heavy atom. The molecule has 0 radical (unpaired) electrons. The molecular formula is C20H27N3O2. The summed E-state index contributed by atoms with van der Waals surface area (Å²) < 4.78 is 11.4. The van der Waals surface area contributed by atoms with Gasteiger partial charge < -0.3 is 9.47 Å². The number of ether oxygens (including phenoxy) is 2. The fourth-order valence-corrected chi connectivity index (χ4v) is 3.35. The number of hydrogen-bond donors (Lipinski definition) is 0. The number of hydrogen-bond acceptors (Lipinski definition) is 5. The molecule has 1 aliphatic carbocycles. The first-order valence-electron chi connectivity index (χ1n) is 9.17. The first-order valence-corrected chi connectivity index (χ1v) is 9.17. The van der Waals surface area contributed by atoms with Crippen molar-refractivity contribution >= 4 is 0 Å². The number of aryl methyl sites for hydroxylation is 2. The van der Waals surface area contributed by atoms with Crippen LogP contribution in [0.3, 0.4) is 0 Å². The second-order valence-electron chi connectivity index (χ2n) is 6.76. The van der Waals surface area contributed by atoms with Crippen molar-refractivity contribution in [2.45, 2.75) is 52.4 Å². The van der Waals surface area contributed by atoms with Crippen molar-refractivity contribution in [1.82, 2.24) is 15.0 Å². The summed E-state index contributed by atoms with van der Waals surface area (Å²) in [6, 6.07) is 4.05. The summed E-state index contributed by atoms with van der Waals surface area (Å²) in [5.74, 6) is 2.74. The number of aromatic nitrogens is 3. The minimum Gasteiger partial charge on any atom is -0.488 e. The van der Waals surface area contributed by atoms with Crippen molar-refractivity contribution in [1.29, 1.82) is 0 Å². The van der Waals surface area contributed by atoms with Crippen LogP contribution in [-0.2, 0) is 12.8 Å². The second-order valence-corrected chi connectivity index (χ2v) is 6.76. The molecule has 1 aliphatic rings. The van der Waals surface area contributed by atoms with E-state index >= 15 is 0 Å². The molecule has 3 rings (SSSR count). The lowest BCUT2D eigenvalue weighted by atomic mass is 10.1. The van der Waals surface area contributed by atoms with E-state index in [-0.39, 0.29) is 0 Å². The molecule has 2 aromatic rings. The maximum Gasteiger partial charge on any atom is 0.256 e. The van der Waals surface area contributed by atoms with Gasteiger partial charge in [0.25, 0.3) is 5.88 Å². The first-order chi connectivity index (χ1) is 12.2. The van der Waals surface area contributed by atoms with Gasteiger partial charge in [-0.1, -0.05) is 19.8 Å². The Morgan fingerprint density at radius 3 is 2.68 bits per heavy atom. The van der Waals surface area contributed by atoms with Crippen molar-refractivity contribution < 1.29 is 9.47 Å². The van der Waals surface area contributed by atoms with Crippen molar-refractivity contribution in [3.8, 4) is 11.6 Å². The lowest BCUT2D eigenvalue weighted by molar-refractivity contribution is 0.237. The average molecular weight is 341 g/mol. The Hall–Kier alpha value is -2.17. The van der Waals surface area contributed by atoms with Crippen LogP contribution in [0, 0.1) is 12.8 Å². The third kappa shape index (κ3) is 4.68. The van der Waals surface area contributed by atoms with E-state index in [4.69, 9.17) is 9.47 Å². The van der Waals surface area contributed by atoms with E-state index in [2.05, 4.69) is 21.9 Å². The zero-order valence-corrected chi connectivity index (χ0v) is 15.4. The maximum absolute atomic E-state index is 6.03. The SMILES string of the molecule is CCc1cc(C)nc(Cc2cnc(OC)c(OCC3CCCC3)c2)n1. The summed E-state index contributed by atoms with van der Waals surface area (Å²) in [5, 5.41) is 0. The maximum atomic E-state index is 6.03. The monoisotopic (exact) mass is 341 g/mol. The van der Waals surface area contributed by atoms with E-state index in [1.54, 1.807) is 7.11 Å². The Morgan fingerprint density at radius 2 is 1.96 bits per heavy atom. The minimum atomic E-state index is 0.543. The van der Waals surface area contributed by atoms with Crippen molar-refractivity contribution in [2.75, 3.05) is 13.7 Å². The Labute approximate surface area is 149 Å². The Balaban J connectivity index is 1.75. The standard InChI is InChI=1S/C20H27N3O2/c1-4-17-9-14(2)22-19(23-17)11-16-10-18(20(24-3)21-12-16)25-13-15-7-5-6-8-15/h9-10,12,15H,4-8,11,13H2,1-3H3. The largest absolute Gasteiger partial charge is 0.488 e. The van der Waals surface area contributed by atoms with Crippen molar-refractivity contribution in [2.24, 2.45) is 5.92 Å². The van der Waals surface area contributed by atoms with Crippen LogP contribution in [-0.4, -0.2) is 28.7 Å². The lowest BCUT2D eigenvalue weighted by Gasteiger charge is -2.14. The average Bonchev–Trinajstić information content (AvgIpc) is 3.13. The van der Waals surface area contributed by atoms with Gasteiger partial charge in [-0.15, -0.1) is 0 Å². The van der Waals surface area contributed by atoms with Crippen LogP contribution in [0.4, 0.5) is 0 Å². The van der Waals surface area contributed by atoms with Gasteiger partial charge >= 0.3 is 0 Å². The first kappa shape index (κ1) is 17.6. The summed E-state index contributed by atoms with van der Waals surface area (Å²) in [6.07, 6.45) is 8.51. The molecule has 1 fully saturated rings. The third-order valence-electron chi connectivity index (χ3n) is 4.70. The Bertz CT molecular complexity index is 712.